The molecule has 1 spiro atoms. The maximum atomic E-state index is 12.3. The normalized spacial score (nSPS) is 25.5. The highest BCUT2D eigenvalue weighted by atomic mass is 16.4. The number of likely N-dealkylation sites (N-methyl/N-ethyl adjacent to an activating group) is 1. The second kappa shape index (κ2) is 7.76. The van der Waals surface area contributed by atoms with Crippen molar-refractivity contribution in [3.8, 4) is 0 Å². The third-order valence-electron chi connectivity index (χ3n) is 6.07. The average Bonchev–Trinajstić information content (AvgIpc) is 2.79. The van der Waals surface area contributed by atoms with Crippen LogP contribution in [0, 0.1) is 0 Å². The predicted molar refractivity (Wildman–Crippen MR) is 100 cm³/mol. The van der Waals surface area contributed by atoms with Gasteiger partial charge in [-0.3, -0.25) is 14.6 Å². The second-order valence-electron chi connectivity index (χ2n) is 7.58. The van der Waals surface area contributed by atoms with Crippen LogP contribution in [0.3, 0.4) is 0 Å². The van der Waals surface area contributed by atoms with Gasteiger partial charge in [-0.25, -0.2) is 4.79 Å². The van der Waals surface area contributed by atoms with Crippen LogP contribution in [-0.2, 0) is 11.3 Å². The lowest BCUT2D eigenvalue weighted by atomic mass is 9.86. The van der Waals surface area contributed by atoms with Crippen LogP contribution in [0.1, 0.15) is 42.1 Å². The van der Waals surface area contributed by atoms with E-state index < -0.39 is 5.97 Å². The zero-order chi connectivity index (χ0) is 18.7. The number of amides is 1. The lowest BCUT2D eigenvalue weighted by molar-refractivity contribution is -0.130. The summed E-state index contributed by atoms with van der Waals surface area (Å²) >= 11 is 0. The van der Waals surface area contributed by atoms with Gasteiger partial charge in [-0.1, -0.05) is 12.1 Å². The summed E-state index contributed by atoms with van der Waals surface area (Å²) < 4.78 is 0. The molecule has 1 amide bonds. The molecule has 26 heavy (non-hydrogen) atoms. The van der Waals surface area contributed by atoms with Crippen LogP contribution in [0.5, 0.6) is 0 Å². The van der Waals surface area contributed by atoms with Crippen LogP contribution >= 0.6 is 0 Å². The van der Waals surface area contributed by atoms with Crippen molar-refractivity contribution < 1.29 is 14.7 Å². The Morgan fingerprint density at radius 1 is 1.15 bits per heavy atom. The number of hydrogen-bond acceptors (Lipinski definition) is 4. The Balaban J connectivity index is 1.69. The van der Waals surface area contributed by atoms with Gasteiger partial charge in [0.25, 0.3) is 0 Å². The van der Waals surface area contributed by atoms with E-state index in [1.807, 2.05) is 24.0 Å². The maximum absolute atomic E-state index is 12.3. The minimum atomic E-state index is -0.890. The fraction of sp³-hybridized carbons (Fsp3) is 0.600. The standard InChI is InChI=1S/C20H29N3O3/c1-3-23-11-10-20(9-8-18(23)24)15-22(13-12-21(20)2)14-16-4-6-17(7-5-16)19(25)26/h4-7H,3,8-15H2,1-2H3,(H,25,26)/t20-/m1/s1. The summed E-state index contributed by atoms with van der Waals surface area (Å²) in [5, 5.41) is 9.03. The topological polar surface area (TPSA) is 64.1 Å². The molecule has 2 aliphatic rings. The van der Waals surface area contributed by atoms with Crippen molar-refractivity contribution in [1.82, 2.24) is 14.7 Å². The number of piperazine rings is 1. The molecule has 2 fully saturated rings. The van der Waals surface area contributed by atoms with Crippen molar-refractivity contribution in [2.24, 2.45) is 0 Å². The first-order valence-electron chi connectivity index (χ1n) is 9.47. The predicted octanol–water partition coefficient (Wildman–Crippen LogP) is 1.90. The van der Waals surface area contributed by atoms with Crippen molar-refractivity contribution in [2.75, 3.05) is 39.8 Å². The van der Waals surface area contributed by atoms with E-state index in [0.29, 0.717) is 12.0 Å². The molecule has 0 bridgehead atoms. The lowest BCUT2D eigenvalue weighted by Gasteiger charge is -2.49. The molecular formula is C20H29N3O3. The first kappa shape index (κ1) is 18.9. The molecular weight excluding hydrogens is 330 g/mol. The van der Waals surface area contributed by atoms with Crippen molar-refractivity contribution in [1.29, 1.82) is 0 Å². The third-order valence-corrected chi connectivity index (χ3v) is 6.07. The van der Waals surface area contributed by atoms with Crippen molar-refractivity contribution in [3.05, 3.63) is 35.4 Å². The van der Waals surface area contributed by atoms with Crippen LogP contribution in [-0.4, -0.2) is 77.0 Å². The summed E-state index contributed by atoms with van der Waals surface area (Å²) in [4.78, 5) is 30.2. The number of carboxylic acid groups (broad SMARTS) is 1. The molecule has 0 saturated carbocycles. The number of rotatable bonds is 4. The zero-order valence-corrected chi connectivity index (χ0v) is 15.8. The highest BCUT2D eigenvalue weighted by Gasteiger charge is 2.41. The molecule has 0 aliphatic carbocycles. The fourth-order valence-corrected chi connectivity index (χ4v) is 4.26. The van der Waals surface area contributed by atoms with Crippen LogP contribution in [0.2, 0.25) is 0 Å². The van der Waals surface area contributed by atoms with E-state index in [2.05, 4.69) is 16.8 Å². The van der Waals surface area contributed by atoms with Crippen LogP contribution in [0.15, 0.2) is 24.3 Å². The quantitative estimate of drug-likeness (QED) is 0.890. The molecule has 3 rings (SSSR count). The molecule has 1 aromatic carbocycles. The SMILES string of the molecule is CCN1CC[C@]2(CCC1=O)CN(Cc1ccc(C(=O)O)cc1)CCN2C. The first-order valence-corrected chi connectivity index (χ1v) is 9.47. The Morgan fingerprint density at radius 2 is 1.88 bits per heavy atom. The molecule has 0 radical (unpaired) electrons. The smallest absolute Gasteiger partial charge is 0.335 e. The molecule has 142 valence electrons. The Morgan fingerprint density at radius 3 is 2.54 bits per heavy atom. The Hall–Kier alpha value is -1.92. The largest absolute Gasteiger partial charge is 0.478 e. The molecule has 2 aliphatic heterocycles. The van der Waals surface area contributed by atoms with Crippen LogP contribution < -0.4 is 0 Å². The van der Waals surface area contributed by atoms with Gasteiger partial charge < -0.3 is 10.0 Å². The Labute approximate surface area is 155 Å². The van der Waals surface area contributed by atoms with Crippen molar-refractivity contribution >= 4 is 11.9 Å². The molecule has 1 atom stereocenters. The highest BCUT2D eigenvalue weighted by Crippen LogP contribution is 2.32. The number of aromatic carboxylic acids is 1. The van der Waals surface area contributed by atoms with Gasteiger partial charge in [-0.15, -0.1) is 0 Å². The highest BCUT2D eigenvalue weighted by molar-refractivity contribution is 5.87. The van der Waals surface area contributed by atoms with Crippen LogP contribution in [0.4, 0.5) is 0 Å². The molecule has 1 aromatic rings. The number of likely N-dealkylation sites (tertiary alicyclic amines) is 1. The number of carbonyl (C=O) groups is 2. The van der Waals surface area contributed by atoms with Gasteiger partial charge in [-0.05, 0) is 44.5 Å². The minimum absolute atomic E-state index is 0.0544. The van der Waals surface area contributed by atoms with Crippen LogP contribution in [0.25, 0.3) is 0 Å². The number of benzene rings is 1. The molecule has 2 saturated heterocycles. The van der Waals surface area contributed by atoms with Gasteiger partial charge in [0, 0.05) is 51.2 Å². The number of nitrogens with zero attached hydrogens (tertiary/aromatic N) is 3. The van der Waals surface area contributed by atoms with Crippen molar-refractivity contribution in [3.63, 3.8) is 0 Å². The van der Waals surface area contributed by atoms with Gasteiger partial charge >= 0.3 is 5.97 Å². The van der Waals surface area contributed by atoms with E-state index in [1.165, 1.54) is 0 Å². The van der Waals surface area contributed by atoms with E-state index in [4.69, 9.17) is 5.11 Å². The number of carboxylic acids is 1. The molecule has 6 heteroatoms. The van der Waals surface area contributed by atoms with Crippen molar-refractivity contribution in [2.45, 2.75) is 38.3 Å². The number of carbonyl (C=O) groups excluding carboxylic acids is 1. The Kier molecular flexibility index (Phi) is 5.63. The molecule has 6 nitrogen and oxygen atoms in total. The fourth-order valence-electron chi connectivity index (χ4n) is 4.26. The summed E-state index contributed by atoms with van der Waals surface area (Å²) in [5.41, 5.74) is 1.51. The number of hydrogen-bond donors (Lipinski definition) is 1. The molecule has 0 aromatic heterocycles. The van der Waals surface area contributed by atoms with E-state index in [9.17, 15) is 9.59 Å². The summed E-state index contributed by atoms with van der Waals surface area (Å²) in [7, 11) is 2.19. The summed E-state index contributed by atoms with van der Waals surface area (Å²) in [6.45, 7) is 7.43. The molecule has 0 unspecified atom stereocenters. The van der Waals surface area contributed by atoms with Gasteiger partial charge in [0.05, 0.1) is 5.56 Å². The van der Waals surface area contributed by atoms with E-state index in [-0.39, 0.29) is 11.4 Å². The minimum Gasteiger partial charge on any atom is -0.478 e. The molecule has 2 heterocycles. The summed E-state index contributed by atoms with van der Waals surface area (Å²) in [6, 6.07) is 7.16. The monoisotopic (exact) mass is 359 g/mol. The summed E-state index contributed by atoms with van der Waals surface area (Å²) in [5.74, 6) is -0.613. The lowest BCUT2D eigenvalue weighted by Crippen LogP contribution is -2.60. The van der Waals surface area contributed by atoms with E-state index in [0.717, 1.165) is 57.7 Å². The maximum Gasteiger partial charge on any atom is 0.335 e. The zero-order valence-electron chi connectivity index (χ0n) is 15.8. The van der Waals surface area contributed by atoms with Gasteiger partial charge in [0.15, 0.2) is 0 Å². The van der Waals surface area contributed by atoms with E-state index >= 15 is 0 Å². The Bertz CT molecular complexity index is 661. The van der Waals surface area contributed by atoms with Gasteiger partial charge in [-0.2, -0.15) is 0 Å². The van der Waals surface area contributed by atoms with Gasteiger partial charge in [0.1, 0.15) is 0 Å². The van der Waals surface area contributed by atoms with Gasteiger partial charge in [0.2, 0.25) is 5.91 Å². The second-order valence-corrected chi connectivity index (χ2v) is 7.58. The first-order chi connectivity index (χ1) is 12.4. The third kappa shape index (κ3) is 3.91. The molecule has 1 N–H and O–H groups in total. The summed E-state index contributed by atoms with van der Waals surface area (Å²) in [6.07, 6.45) is 2.55. The van der Waals surface area contributed by atoms with E-state index in [1.54, 1.807) is 12.1 Å². The average molecular weight is 359 g/mol.